The molecule has 6 nitrogen and oxygen atoms in total. The van der Waals surface area contributed by atoms with E-state index in [2.05, 4.69) is 22.3 Å². The maximum absolute atomic E-state index is 12.3. The number of aryl methyl sites for hydroxylation is 1. The van der Waals surface area contributed by atoms with Gasteiger partial charge in [0.15, 0.2) is 0 Å². The number of carbonyl (C=O) groups is 1. The second-order valence-corrected chi connectivity index (χ2v) is 6.02. The van der Waals surface area contributed by atoms with E-state index in [1.807, 2.05) is 6.07 Å². The van der Waals surface area contributed by atoms with Crippen molar-refractivity contribution < 1.29 is 9.90 Å². The molecule has 2 N–H and O–H groups in total. The number of hydrogen-bond donors (Lipinski definition) is 2. The average Bonchev–Trinajstić information content (AvgIpc) is 3.18. The van der Waals surface area contributed by atoms with Gasteiger partial charge in [0.1, 0.15) is 15.6 Å². The Morgan fingerprint density at radius 3 is 2.96 bits per heavy atom. The maximum atomic E-state index is 12.3. The molecule has 23 heavy (non-hydrogen) atoms. The highest BCUT2D eigenvalue weighted by Crippen LogP contribution is 2.32. The van der Waals surface area contributed by atoms with Gasteiger partial charge in [-0.25, -0.2) is 4.98 Å². The van der Waals surface area contributed by atoms with Crippen molar-refractivity contribution in [2.75, 3.05) is 5.32 Å². The van der Waals surface area contributed by atoms with Crippen molar-refractivity contribution in [3.63, 3.8) is 0 Å². The van der Waals surface area contributed by atoms with E-state index >= 15 is 0 Å². The second kappa shape index (κ2) is 6.62. The monoisotopic (exact) mass is 328 g/mol. The molecule has 3 aromatic rings. The van der Waals surface area contributed by atoms with Crippen LogP contribution < -0.4 is 5.32 Å². The Kier molecular flexibility index (Phi) is 4.38. The molecule has 0 radical (unpaired) electrons. The van der Waals surface area contributed by atoms with Crippen LogP contribution in [0.4, 0.5) is 5.69 Å². The van der Waals surface area contributed by atoms with Crippen LogP contribution in [-0.4, -0.2) is 25.8 Å². The standard InChI is InChI=1S/C16H16N4O2S/c1-2-7-20-10-11(8-18-20)19-15(22)14-9-17-16(23-14)12-5-3-4-6-13(12)21/h3-6,8-10,21H,2,7H2,1H3,(H,19,22). The van der Waals surface area contributed by atoms with Gasteiger partial charge < -0.3 is 10.4 Å². The summed E-state index contributed by atoms with van der Waals surface area (Å²) in [5.74, 6) is -0.0881. The first kappa shape index (κ1) is 15.2. The highest BCUT2D eigenvalue weighted by Gasteiger charge is 2.14. The summed E-state index contributed by atoms with van der Waals surface area (Å²) in [4.78, 5) is 17.0. The summed E-state index contributed by atoms with van der Waals surface area (Å²) in [6.07, 6.45) is 5.91. The van der Waals surface area contributed by atoms with Crippen molar-refractivity contribution in [3.05, 3.63) is 47.7 Å². The van der Waals surface area contributed by atoms with Crippen molar-refractivity contribution in [1.29, 1.82) is 0 Å². The lowest BCUT2D eigenvalue weighted by Gasteiger charge is -2.00. The molecule has 7 heteroatoms. The van der Waals surface area contributed by atoms with Gasteiger partial charge >= 0.3 is 0 Å². The zero-order valence-corrected chi connectivity index (χ0v) is 13.4. The Labute approximate surface area is 137 Å². The molecule has 0 spiro atoms. The van der Waals surface area contributed by atoms with Gasteiger partial charge in [-0.05, 0) is 18.6 Å². The van der Waals surface area contributed by atoms with Gasteiger partial charge in [-0.3, -0.25) is 9.48 Å². The third-order valence-electron chi connectivity index (χ3n) is 3.21. The quantitative estimate of drug-likeness (QED) is 0.752. The fourth-order valence-corrected chi connectivity index (χ4v) is 2.98. The van der Waals surface area contributed by atoms with E-state index in [0.29, 0.717) is 21.1 Å². The predicted molar refractivity (Wildman–Crippen MR) is 89.7 cm³/mol. The smallest absolute Gasteiger partial charge is 0.267 e. The van der Waals surface area contributed by atoms with Gasteiger partial charge in [-0.1, -0.05) is 19.1 Å². The number of aromatic nitrogens is 3. The van der Waals surface area contributed by atoms with Crippen LogP contribution in [0.1, 0.15) is 23.0 Å². The van der Waals surface area contributed by atoms with E-state index in [1.165, 1.54) is 17.5 Å². The number of phenolic OH excluding ortho intramolecular Hbond substituents is 1. The van der Waals surface area contributed by atoms with E-state index < -0.39 is 0 Å². The van der Waals surface area contributed by atoms with Gasteiger partial charge in [0.25, 0.3) is 5.91 Å². The van der Waals surface area contributed by atoms with Crippen LogP contribution in [0.5, 0.6) is 5.75 Å². The molecule has 0 aliphatic heterocycles. The van der Waals surface area contributed by atoms with E-state index in [9.17, 15) is 9.90 Å². The van der Waals surface area contributed by atoms with Gasteiger partial charge in [0, 0.05) is 12.7 Å². The zero-order chi connectivity index (χ0) is 16.2. The lowest BCUT2D eigenvalue weighted by Crippen LogP contribution is -2.09. The molecule has 0 fully saturated rings. The third kappa shape index (κ3) is 3.40. The van der Waals surface area contributed by atoms with Crippen LogP contribution in [-0.2, 0) is 6.54 Å². The molecule has 0 unspecified atom stereocenters. The first-order chi connectivity index (χ1) is 11.2. The minimum atomic E-state index is -0.236. The third-order valence-corrected chi connectivity index (χ3v) is 4.24. The lowest BCUT2D eigenvalue weighted by molar-refractivity contribution is 0.103. The average molecular weight is 328 g/mol. The van der Waals surface area contributed by atoms with Crippen LogP contribution in [0.3, 0.4) is 0 Å². The summed E-state index contributed by atoms with van der Waals surface area (Å²) >= 11 is 1.23. The van der Waals surface area contributed by atoms with Gasteiger partial charge in [0.2, 0.25) is 0 Å². The minimum absolute atomic E-state index is 0.148. The summed E-state index contributed by atoms with van der Waals surface area (Å²) < 4.78 is 1.79. The number of thiazole rings is 1. The number of aromatic hydroxyl groups is 1. The van der Waals surface area contributed by atoms with Crippen molar-refractivity contribution in [3.8, 4) is 16.3 Å². The molecule has 1 aromatic carbocycles. The largest absolute Gasteiger partial charge is 0.507 e. The maximum Gasteiger partial charge on any atom is 0.267 e. The molecule has 1 amide bonds. The Balaban J connectivity index is 1.74. The minimum Gasteiger partial charge on any atom is -0.507 e. The highest BCUT2D eigenvalue weighted by atomic mass is 32.1. The topological polar surface area (TPSA) is 80.0 Å². The molecule has 118 valence electrons. The number of nitrogens with one attached hydrogen (secondary N) is 1. The summed E-state index contributed by atoms with van der Waals surface area (Å²) in [6.45, 7) is 2.88. The van der Waals surface area contributed by atoms with E-state index in [4.69, 9.17) is 0 Å². The normalized spacial score (nSPS) is 10.7. The van der Waals surface area contributed by atoms with E-state index in [-0.39, 0.29) is 11.7 Å². The Hall–Kier alpha value is -2.67. The summed E-state index contributed by atoms with van der Waals surface area (Å²) in [5, 5.41) is 17.4. The molecular formula is C16H16N4O2S. The number of carbonyl (C=O) groups excluding carboxylic acids is 1. The number of benzene rings is 1. The van der Waals surface area contributed by atoms with Crippen LogP contribution in [0, 0.1) is 0 Å². The van der Waals surface area contributed by atoms with E-state index in [0.717, 1.165) is 13.0 Å². The molecule has 0 bridgehead atoms. The first-order valence-electron chi connectivity index (χ1n) is 7.25. The summed E-state index contributed by atoms with van der Waals surface area (Å²) in [7, 11) is 0. The zero-order valence-electron chi connectivity index (χ0n) is 12.6. The fourth-order valence-electron chi connectivity index (χ4n) is 2.13. The van der Waals surface area contributed by atoms with Gasteiger partial charge in [-0.2, -0.15) is 5.10 Å². The Morgan fingerprint density at radius 1 is 1.35 bits per heavy atom. The van der Waals surface area contributed by atoms with Crippen LogP contribution >= 0.6 is 11.3 Å². The molecule has 2 aromatic heterocycles. The molecule has 0 saturated carbocycles. The summed E-state index contributed by atoms with van der Waals surface area (Å²) in [6, 6.07) is 6.93. The summed E-state index contributed by atoms with van der Waals surface area (Å²) in [5.41, 5.74) is 1.27. The predicted octanol–water partition coefficient (Wildman–Crippen LogP) is 3.37. The van der Waals surface area contributed by atoms with Crippen molar-refractivity contribution in [2.24, 2.45) is 0 Å². The lowest BCUT2D eigenvalue weighted by atomic mass is 10.2. The Morgan fingerprint density at radius 2 is 2.17 bits per heavy atom. The number of phenols is 1. The number of rotatable bonds is 5. The molecule has 2 heterocycles. The molecule has 0 aliphatic carbocycles. The highest BCUT2D eigenvalue weighted by molar-refractivity contribution is 7.17. The van der Waals surface area contributed by atoms with Crippen LogP contribution in [0.2, 0.25) is 0 Å². The van der Waals surface area contributed by atoms with Crippen LogP contribution in [0.15, 0.2) is 42.9 Å². The molecule has 3 rings (SSSR count). The molecular weight excluding hydrogens is 312 g/mol. The van der Waals surface area contributed by atoms with Crippen LogP contribution in [0.25, 0.3) is 10.6 Å². The first-order valence-corrected chi connectivity index (χ1v) is 8.07. The number of amides is 1. The molecule has 0 aliphatic rings. The number of anilines is 1. The second-order valence-electron chi connectivity index (χ2n) is 4.99. The van der Waals surface area contributed by atoms with Gasteiger partial charge in [0.05, 0.1) is 23.6 Å². The fraction of sp³-hybridized carbons (Fsp3) is 0.188. The molecule has 0 atom stereocenters. The van der Waals surface area contributed by atoms with Crippen molar-refractivity contribution in [1.82, 2.24) is 14.8 Å². The SMILES string of the molecule is CCCn1cc(NC(=O)c2cnc(-c3ccccc3O)s2)cn1. The Bertz CT molecular complexity index is 825. The number of para-hydroxylation sites is 1. The van der Waals surface area contributed by atoms with Gasteiger partial charge in [-0.15, -0.1) is 11.3 Å². The van der Waals surface area contributed by atoms with E-state index in [1.54, 1.807) is 35.3 Å². The van der Waals surface area contributed by atoms with Crippen molar-refractivity contribution in [2.45, 2.75) is 19.9 Å². The molecule has 0 saturated heterocycles. The number of hydrogen-bond acceptors (Lipinski definition) is 5. The van der Waals surface area contributed by atoms with Crippen molar-refractivity contribution >= 4 is 22.9 Å². The number of nitrogens with zero attached hydrogens (tertiary/aromatic N) is 3.